The van der Waals surface area contributed by atoms with Crippen LogP contribution in [0.2, 0.25) is 0 Å². The average Bonchev–Trinajstić information content (AvgIpc) is 3.12. The third-order valence-corrected chi connectivity index (χ3v) is 7.11. The second-order valence-corrected chi connectivity index (χ2v) is 10.0. The molecule has 8 nitrogen and oxygen atoms in total. The molecule has 4 aromatic rings. The van der Waals surface area contributed by atoms with Gasteiger partial charge in [0.05, 0.1) is 23.9 Å². The number of nitrogens with one attached hydrogen (secondary N) is 1. The SMILES string of the molecule is CC1(C)C(=O)N(c2cccc(OCCNC(CO)c3ccccc3)c2)C(=O)N1Cc1ccnc2ccccc12. The fourth-order valence-electron chi connectivity index (χ4n) is 4.88. The summed E-state index contributed by atoms with van der Waals surface area (Å²) < 4.78 is 5.92. The van der Waals surface area contributed by atoms with Gasteiger partial charge in [-0.05, 0) is 49.2 Å². The normalized spacial score (nSPS) is 15.7. The zero-order chi connectivity index (χ0) is 27.4. The van der Waals surface area contributed by atoms with Crippen LogP contribution in [0.3, 0.4) is 0 Å². The highest BCUT2D eigenvalue weighted by Gasteiger charge is 2.51. The van der Waals surface area contributed by atoms with Crippen LogP contribution in [0.1, 0.15) is 31.0 Å². The lowest BCUT2D eigenvalue weighted by atomic mass is 10.0. The minimum Gasteiger partial charge on any atom is -0.492 e. The highest BCUT2D eigenvalue weighted by Crippen LogP contribution is 2.35. The van der Waals surface area contributed by atoms with Gasteiger partial charge in [0.1, 0.15) is 17.9 Å². The fraction of sp³-hybridized carbons (Fsp3) is 0.258. The first-order valence-electron chi connectivity index (χ1n) is 13.0. The lowest BCUT2D eigenvalue weighted by Gasteiger charge is -2.28. The second kappa shape index (κ2) is 11.2. The number of ether oxygens (including phenoxy) is 1. The number of fused-ring (bicyclic) bond motifs is 1. The van der Waals surface area contributed by atoms with E-state index in [1.54, 1.807) is 49.2 Å². The number of aliphatic hydroxyl groups excluding tert-OH is 1. The Labute approximate surface area is 227 Å². The van der Waals surface area contributed by atoms with Gasteiger partial charge < -0.3 is 20.1 Å². The highest BCUT2D eigenvalue weighted by atomic mass is 16.5. The number of para-hydroxylation sites is 1. The van der Waals surface area contributed by atoms with E-state index >= 15 is 0 Å². The molecule has 2 N–H and O–H groups in total. The molecular weight excluding hydrogens is 492 g/mol. The van der Waals surface area contributed by atoms with Crippen LogP contribution in [0.15, 0.2) is 91.1 Å². The van der Waals surface area contributed by atoms with Crippen LogP contribution in [0.25, 0.3) is 10.9 Å². The number of rotatable bonds is 10. The predicted molar refractivity (Wildman–Crippen MR) is 150 cm³/mol. The summed E-state index contributed by atoms with van der Waals surface area (Å²) in [5.41, 5.74) is 2.20. The Bertz CT molecular complexity index is 1470. The lowest BCUT2D eigenvalue weighted by molar-refractivity contribution is -0.123. The summed E-state index contributed by atoms with van der Waals surface area (Å²) >= 11 is 0. The molecule has 1 aliphatic rings. The molecule has 0 saturated carbocycles. The second-order valence-electron chi connectivity index (χ2n) is 10.0. The lowest BCUT2D eigenvalue weighted by Crippen LogP contribution is -2.43. The van der Waals surface area contributed by atoms with Gasteiger partial charge in [-0.3, -0.25) is 9.78 Å². The monoisotopic (exact) mass is 524 g/mol. The van der Waals surface area contributed by atoms with Crippen LogP contribution >= 0.6 is 0 Å². The van der Waals surface area contributed by atoms with Gasteiger partial charge in [0.15, 0.2) is 0 Å². The molecule has 5 rings (SSSR count). The van der Waals surface area contributed by atoms with E-state index in [1.807, 2.05) is 60.7 Å². The Morgan fingerprint density at radius 1 is 0.974 bits per heavy atom. The van der Waals surface area contributed by atoms with Gasteiger partial charge in [-0.15, -0.1) is 0 Å². The molecule has 2 heterocycles. The van der Waals surface area contributed by atoms with Crippen molar-refractivity contribution < 1.29 is 19.4 Å². The molecule has 0 aliphatic carbocycles. The van der Waals surface area contributed by atoms with Crippen molar-refractivity contribution in [2.75, 3.05) is 24.7 Å². The van der Waals surface area contributed by atoms with Crippen molar-refractivity contribution in [2.24, 2.45) is 0 Å². The van der Waals surface area contributed by atoms with Gasteiger partial charge in [-0.1, -0.05) is 54.6 Å². The molecule has 0 bridgehead atoms. The molecule has 1 fully saturated rings. The van der Waals surface area contributed by atoms with Gasteiger partial charge in [0.25, 0.3) is 5.91 Å². The molecule has 200 valence electrons. The Morgan fingerprint density at radius 3 is 2.54 bits per heavy atom. The van der Waals surface area contributed by atoms with E-state index in [9.17, 15) is 14.7 Å². The maximum atomic E-state index is 13.6. The van der Waals surface area contributed by atoms with E-state index < -0.39 is 5.54 Å². The third kappa shape index (κ3) is 5.34. The van der Waals surface area contributed by atoms with Crippen molar-refractivity contribution in [1.82, 2.24) is 15.2 Å². The quantitative estimate of drug-likeness (QED) is 0.231. The Hall–Kier alpha value is -4.27. The standard InChI is InChI=1S/C31H32N4O4/c1-31(2)29(37)35(30(38)34(31)20-23-15-16-32-27-14-7-6-13-26(23)27)24-11-8-12-25(19-24)39-18-17-33-28(21-36)22-9-4-3-5-10-22/h3-16,19,28,33,36H,17-18,20-21H2,1-2H3. The van der Waals surface area contributed by atoms with Crippen molar-refractivity contribution in [3.05, 3.63) is 102 Å². The van der Waals surface area contributed by atoms with Crippen molar-refractivity contribution >= 4 is 28.5 Å². The Morgan fingerprint density at radius 2 is 1.74 bits per heavy atom. The maximum Gasteiger partial charge on any atom is 0.332 e. The van der Waals surface area contributed by atoms with E-state index in [2.05, 4.69) is 10.3 Å². The minimum absolute atomic E-state index is 0.0275. The summed E-state index contributed by atoms with van der Waals surface area (Å²) in [6, 6.07) is 25.8. The van der Waals surface area contributed by atoms with Gasteiger partial charge in [0, 0.05) is 30.7 Å². The van der Waals surface area contributed by atoms with Crippen LogP contribution in [-0.4, -0.2) is 52.2 Å². The van der Waals surface area contributed by atoms with E-state index in [4.69, 9.17) is 4.74 Å². The maximum absolute atomic E-state index is 13.6. The number of aromatic nitrogens is 1. The molecule has 3 aromatic carbocycles. The average molecular weight is 525 g/mol. The molecule has 0 radical (unpaired) electrons. The number of carbonyl (C=O) groups is 2. The fourth-order valence-corrected chi connectivity index (χ4v) is 4.88. The van der Waals surface area contributed by atoms with Gasteiger partial charge >= 0.3 is 6.03 Å². The summed E-state index contributed by atoms with van der Waals surface area (Å²) in [5.74, 6) is 0.255. The Balaban J connectivity index is 1.28. The van der Waals surface area contributed by atoms with Crippen molar-refractivity contribution in [3.63, 3.8) is 0 Å². The Kier molecular flexibility index (Phi) is 7.58. The largest absolute Gasteiger partial charge is 0.492 e. The number of urea groups is 1. The first-order valence-corrected chi connectivity index (χ1v) is 13.0. The van der Waals surface area contributed by atoms with E-state index in [0.717, 1.165) is 22.0 Å². The molecule has 1 saturated heterocycles. The minimum atomic E-state index is -1.03. The van der Waals surface area contributed by atoms with Crippen molar-refractivity contribution in [3.8, 4) is 5.75 Å². The van der Waals surface area contributed by atoms with Gasteiger partial charge in [-0.2, -0.15) is 0 Å². The number of amides is 3. The predicted octanol–water partition coefficient (Wildman–Crippen LogP) is 4.68. The van der Waals surface area contributed by atoms with Crippen LogP contribution in [0.5, 0.6) is 5.75 Å². The summed E-state index contributed by atoms with van der Waals surface area (Å²) in [7, 11) is 0. The molecule has 39 heavy (non-hydrogen) atoms. The van der Waals surface area contributed by atoms with Crippen molar-refractivity contribution in [2.45, 2.75) is 32.0 Å². The zero-order valence-electron chi connectivity index (χ0n) is 22.1. The number of aliphatic hydroxyl groups is 1. The van der Waals surface area contributed by atoms with Crippen LogP contribution in [0, 0.1) is 0 Å². The number of pyridine rings is 1. The number of nitrogens with zero attached hydrogens (tertiary/aromatic N) is 3. The van der Waals surface area contributed by atoms with Crippen molar-refractivity contribution in [1.29, 1.82) is 0 Å². The summed E-state index contributed by atoms with van der Waals surface area (Å²) in [5, 5.41) is 14.0. The number of carbonyl (C=O) groups excluding carboxylic acids is 2. The number of hydrogen-bond acceptors (Lipinski definition) is 6. The van der Waals surface area contributed by atoms with Crippen LogP contribution < -0.4 is 15.0 Å². The van der Waals surface area contributed by atoms with E-state index in [1.165, 1.54) is 4.90 Å². The summed E-state index contributed by atoms with van der Waals surface area (Å²) in [6.07, 6.45) is 1.73. The number of hydrogen-bond donors (Lipinski definition) is 2. The molecule has 8 heteroatoms. The smallest absolute Gasteiger partial charge is 0.332 e. The molecule has 1 aromatic heterocycles. The summed E-state index contributed by atoms with van der Waals surface area (Å²) in [6.45, 7) is 4.65. The van der Waals surface area contributed by atoms with Crippen LogP contribution in [0.4, 0.5) is 10.5 Å². The molecule has 1 atom stereocenters. The summed E-state index contributed by atoms with van der Waals surface area (Å²) in [4.78, 5) is 34.4. The number of anilines is 1. The van der Waals surface area contributed by atoms with Gasteiger partial charge in [0.2, 0.25) is 0 Å². The van der Waals surface area contributed by atoms with Crippen LogP contribution in [-0.2, 0) is 11.3 Å². The first-order chi connectivity index (χ1) is 18.9. The van der Waals surface area contributed by atoms with Gasteiger partial charge in [-0.25, -0.2) is 9.69 Å². The first kappa shape index (κ1) is 26.3. The number of benzene rings is 3. The number of imide groups is 1. The molecule has 0 spiro atoms. The topological polar surface area (TPSA) is 95.0 Å². The van der Waals surface area contributed by atoms with E-state index in [0.29, 0.717) is 24.6 Å². The third-order valence-electron chi connectivity index (χ3n) is 7.11. The van der Waals surface area contributed by atoms with E-state index in [-0.39, 0.29) is 31.1 Å². The molecular formula is C31H32N4O4. The highest BCUT2D eigenvalue weighted by molar-refractivity contribution is 6.23. The molecule has 3 amide bonds. The molecule has 1 aliphatic heterocycles. The molecule has 1 unspecified atom stereocenters. The zero-order valence-corrected chi connectivity index (χ0v) is 22.1.